The van der Waals surface area contributed by atoms with Crippen molar-refractivity contribution >= 4 is 27.7 Å². The second-order valence-electron chi connectivity index (χ2n) is 5.65. The van der Waals surface area contributed by atoms with Gasteiger partial charge in [-0.3, -0.25) is 0 Å². The molecule has 0 saturated carbocycles. The van der Waals surface area contributed by atoms with E-state index in [-0.39, 0.29) is 24.3 Å². The van der Waals surface area contributed by atoms with Crippen LogP contribution in [0.1, 0.15) is 30.3 Å². The lowest BCUT2D eigenvalue weighted by Crippen LogP contribution is -2.38. The number of anilines is 1. The first-order valence-electron chi connectivity index (χ1n) is 8.07. The number of aromatic nitrogens is 1. The van der Waals surface area contributed by atoms with Crippen LogP contribution in [0.3, 0.4) is 0 Å². The van der Waals surface area contributed by atoms with Gasteiger partial charge in [0.1, 0.15) is 17.7 Å². The normalized spacial score (nSPS) is 15.2. The number of halogens is 2. The number of piperidine rings is 1. The van der Waals surface area contributed by atoms with Crippen LogP contribution in [0, 0.1) is 5.82 Å². The fourth-order valence-electron chi connectivity index (χ4n) is 2.66. The summed E-state index contributed by atoms with van der Waals surface area (Å²) in [6.07, 6.45) is 1.50. The van der Waals surface area contributed by atoms with Gasteiger partial charge >= 0.3 is 5.97 Å². The Balaban J connectivity index is 1.57. The second-order valence-corrected chi connectivity index (χ2v) is 6.50. The molecule has 0 atom stereocenters. The number of esters is 1. The van der Waals surface area contributed by atoms with Crippen molar-refractivity contribution in [3.63, 3.8) is 0 Å². The minimum atomic E-state index is -0.518. The van der Waals surface area contributed by atoms with Crippen molar-refractivity contribution in [2.75, 3.05) is 24.6 Å². The number of benzene rings is 1. The topological polar surface area (TPSA) is 64.8 Å². The van der Waals surface area contributed by atoms with E-state index in [1.807, 2.05) is 4.90 Å². The summed E-state index contributed by atoms with van der Waals surface area (Å²) in [6, 6.07) is 5.97. The standard InChI is InChI=1S/C17H18BrFN2O4/c1-2-23-17(22)15-10-16(20-25-15)21-7-5-12(6-8-21)24-14-9-11(19)3-4-13(14)18/h3-4,9-10,12H,2,5-8H2,1H3. The Hall–Kier alpha value is -2.09. The molecule has 0 aliphatic carbocycles. The first-order chi connectivity index (χ1) is 12.1. The third-order valence-electron chi connectivity index (χ3n) is 3.93. The van der Waals surface area contributed by atoms with E-state index >= 15 is 0 Å². The van der Waals surface area contributed by atoms with Crippen LogP contribution in [0.15, 0.2) is 33.3 Å². The molecule has 1 aromatic carbocycles. The van der Waals surface area contributed by atoms with Crippen LogP contribution >= 0.6 is 15.9 Å². The van der Waals surface area contributed by atoms with E-state index < -0.39 is 5.97 Å². The molecule has 0 spiro atoms. The number of rotatable bonds is 5. The highest BCUT2D eigenvalue weighted by Crippen LogP contribution is 2.29. The maximum absolute atomic E-state index is 13.3. The fourth-order valence-corrected chi connectivity index (χ4v) is 3.00. The Morgan fingerprint density at radius 3 is 2.88 bits per heavy atom. The molecule has 0 radical (unpaired) electrons. The lowest BCUT2D eigenvalue weighted by Gasteiger charge is -2.32. The van der Waals surface area contributed by atoms with Gasteiger partial charge in [0, 0.05) is 38.1 Å². The maximum atomic E-state index is 13.3. The van der Waals surface area contributed by atoms with Crippen molar-refractivity contribution < 1.29 is 23.2 Å². The molecule has 1 aliphatic heterocycles. The molecular formula is C17H18BrFN2O4. The van der Waals surface area contributed by atoms with Gasteiger partial charge in [0.25, 0.3) is 0 Å². The van der Waals surface area contributed by atoms with E-state index in [0.717, 1.165) is 17.3 Å². The van der Waals surface area contributed by atoms with Crippen LogP contribution in [0.5, 0.6) is 5.75 Å². The average Bonchev–Trinajstić information content (AvgIpc) is 3.09. The van der Waals surface area contributed by atoms with Crippen LogP contribution in [0.25, 0.3) is 0 Å². The Labute approximate surface area is 153 Å². The second kappa shape index (κ2) is 7.86. The summed E-state index contributed by atoms with van der Waals surface area (Å²) in [5.41, 5.74) is 0. The predicted octanol–water partition coefficient (Wildman–Crippen LogP) is 3.80. The van der Waals surface area contributed by atoms with E-state index in [1.165, 1.54) is 12.1 Å². The van der Waals surface area contributed by atoms with Gasteiger partial charge in [-0.1, -0.05) is 5.16 Å². The summed E-state index contributed by atoms with van der Waals surface area (Å²) in [5, 5.41) is 3.93. The van der Waals surface area contributed by atoms with Crippen LogP contribution in [0.4, 0.5) is 10.2 Å². The zero-order valence-corrected chi connectivity index (χ0v) is 15.3. The minimum Gasteiger partial charge on any atom is -0.489 e. The molecule has 1 fully saturated rings. The fraction of sp³-hybridized carbons (Fsp3) is 0.412. The summed E-state index contributed by atoms with van der Waals surface area (Å²) >= 11 is 3.37. The molecule has 1 saturated heterocycles. The lowest BCUT2D eigenvalue weighted by atomic mass is 10.1. The Morgan fingerprint density at radius 1 is 1.40 bits per heavy atom. The average molecular weight is 413 g/mol. The molecule has 2 aromatic rings. The number of carbonyl (C=O) groups excluding carboxylic acids is 1. The Kier molecular flexibility index (Phi) is 5.57. The number of nitrogens with zero attached hydrogens (tertiary/aromatic N) is 2. The van der Waals surface area contributed by atoms with E-state index in [4.69, 9.17) is 14.0 Å². The van der Waals surface area contributed by atoms with Crippen molar-refractivity contribution in [2.24, 2.45) is 0 Å². The largest absolute Gasteiger partial charge is 0.489 e. The van der Waals surface area contributed by atoms with Crippen LogP contribution < -0.4 is 9.64 Å². The number of carbonyl (C=O) groups is 1. The molecule has 0 amide bonds. The Bertz CT molecular complexity index is 744. The van der Waals surface area contributed by atoms with Gasteiger partial charge in [0.2, 0.25) is 5.76 Å². The Morgan fingerprint density at radius 2 is 2.16 bits per heavy atom. The van der Waals surface area contributed by atoms with E-state index in [9.17, 15) is 9.18 Å². The van der Waals surface area contributed by atoms with Crippen LogP contribution in [-0.2, 0) is 4.74 Å². The summed E-state index contributed by atoms with van der Waals surface area (Å²) < 4.78 is 29.9. The van der Waals surface area contributed by atoms with Crippen molar-refractivity contribution in [3.8, 4) is 5.75 Å². The van der Waals surface area contributed by atoms with Gasteiger partial charge in [-0.25, -0.2) is 9.18 Å². The van der Waals surface area contributed by atoms with Crippen molar-refractivity contribution in [2.45, 2.75) is 25.9 Å². The third kappa shape index (κ3) is 4.31. The molecule has 0 unspecified atom stereocenters. The molecular weight excluding hydrogens is 395 g/mol. The summed E-state index contributed by atoms with van der Waals surface area (Å²) in [4.78, 5) is 13.6. The molecule has 1 aromatic heterocycles. The minimum absolute atomic E-state index is 0.00854. The lowest BCUT2D eigenvalue weighted by molar-refractivity contribution is 0.0479. The molecule has 0 bridgehead atoms. The molecule has 0 N–H and O–H groups in total. The van der Waals surface area contributed by atoms with Crippen molar-refractivity contribution in [1.29, 1.82) is 0 Å². The van der Waals surface area contributed by atoms with E-state index in [0.29, 0.717) is 24.7 Å². The molecule has 25 heavy (non-hydrogen) atoms. The molecule has 2 heterocycles. The van der Waals surface area contributed by atoms with Crippen molar-refractivity contribution in [3.05, 3.63) is 40.3 Å². The SMILES string of the molecule is CCOC(=O)c1cc(N2CCC(Oc3cc(F)ccc3Br)CC2)no1. The number of hydrogen-bond acceptors (Lipinski definition) is 6. The monoisotopic (exact) mass is 412 g/mol. The molecule has 3 rings (SSSR count). The summed E-state index contributed by atoms with van der Waals surface area (Å²) in [6.45, 7) is 3.42. The first-order valence-corrected chi connectivity index (χ1v) is 8.86. The zero-order valence-electron chi connectivity index (χ0n) is 13.7. The molecule has 8 heteroatoms. The van der Waals surface area contributed by atoms with Crippen LogP contribution in [0.2, 0.25) is 0 Å². The third-order valence-corrected chi connectivity index (χ3v) is 4.58. The molecule has 134 valence electrons. The van der Waals surface area contributed by atoms with Gasteiger partial charge in [-0.05, 0) is 35.0 Å². The highest BCUT2D eigenvalue weighted by atomic mass is 79.9. The maximum Gasteiger partial charge on any atom is 0.377 e. The highest BCUT2D eigenvalue weighted by molar-refractivity contribution is 9.10. The summed E-state index contributed by atoms with van der Waals surface area (Å²) in [5.74, 6) is 0.358. The van der Waals surface area contributed by atoms with Gasteiger partial charge in [-0.2, -0.15) is 0 Å². The highest BCUT2D eigenvalue weighted by Gasteiger charge is 2.25. The number of ether oxygens (including phenoxy) is 2. The predicted molar refractivity (Wildman–Crippen MR) is 92.4 cm³/mol. The van der Waals surface area contributed by atoms with Gasteiger partial charge in [-0.15, -0.1) is 0 Å². The molecule has 1 aliphatic rings. The first kappa shape index (κ1) is 17.7. The van der Waals surface area contributed by atoms with Gasteiger partial charge in [0.15, 0.2) is 5.82 Å². The van der Waals surface area contributed by atoms with Crippen LogP contribution in [-0.4, -0.2) is 36.9 Å². The van der Waals surface area contributed by atoms with E-state index in [2.05, 4.69) is 21.1 Å². The summed E-state index contributed by atoms with van der Waals surface area (Å²) in [7, 11) is 0. The van der Waals surface area contributed by atoms with Crippen molar-refractivity contribution in [1.82, 2.24) is 5.16 Å². The number of hydrogen-bond donors (Lipinski definition) is 0. The van der Waals surface area contributed by atoms with Gasteiger partial charge < -0.3 is 18.9 Å². The zero-order chi connectivity index (χ0) is 17.8. The van der Waals surface area contributed by atoms with E-state index in [1.54, 1.807) is 19.1 Å². The van der Waals surface area contributed by atoms with Gasteiger partial charge in [0.05, 0.1) is 11.1 Å². The quantitative estimate of drug-likeness (QED) is 0.695. The molecule has 6 nitrogen and oxygen atoms in total. The smallest absolute Gasteiger partial charge is 0.377 e.